The first-order valence-corrected chi connectivity index (χ1v) is 9.15. The third-order valence-electron chi connectivity index (χ3n) is 3.45. The summed E-state index contributed by atoms with van der Waals surface area (Å²) in [6, 6.07) is 0. The van der Waals surface area contributed by atoms with Crippen molar-refractivity contribution in [2.24, 2.45) is 14.1 Å². The molecule has 0 spiro atoms. The maximum atomic E-state index is 12.1. The Morgan fingerprint density at radius 1 is 1.23 bits per heavy atom. The summed E-state index contributed by atoms with van der Waals surface area (Å²) >= 11 is 6.65. The maximum absolute atomic E-state index is 12.1. The van der Waals surface area contributed by atoms with Gasteiger partial charge in [0.15, 0.2) is 21.4 Å². The number of fused-ring (bicyclic) bond motifs is 1. The molecule has 0 aromatic carbocycles. The Hall–Kier alpha value is -0.174. The van der Waals surface area contributed by atoms with Crippen molar-refractivity contribution in [3.8, 4) is 0 Å². The van der Waals surface area contributed by atoms with E-state index >= 15 is 0 Å². The molecule has 0 atom stereocenters. The fourth-order valence-corrected chi connectivity index (χ4v) is 3.13. The standard InChI is InChI=1S/C14H22N6O2S2.CH3.K/c1-4-6-15-12(23)16-7-5-8-24-13-17-9-10(18-13)19(2)14(22)20(3)11(9)21;;/h4-8H2,1-3H3,(H,17,18)(H2,15,16,23);1H3;/q;-1;+1. The number of aryl methyl sites for hydroxylation is 1. The molecular formula is C15H25KN6O2S2. The zero-order valence-electron chi connectivity index (χ0n) is 16.0. The van der Waals surface area contributed by atoms with Crippen LogP contribution in [0, 0.1) is 7.43 Å². The summed E-state index contributed by atoms with van der Waals surface area (Å²) in [4.78, 5) is 31.3. The number of nitrogens with zero attached hydrogens (tertiary/aromatic N) is 3. The van der Waals surface area contributed by atoms with Crippen LogP contribution in [0.1, 0.15) is 19.8 Å². The van der Waals surface area contributed by atoms with Crippen LogP contribution in [0.3, 0.4) is 0 Å². The number of imidazole rings is 1. The van der Waals surface area contributed by atoms with E-state index in [4.69, 9.17) is 12.2 Å². The normalized spacial score (nSPS) is 10.1. The van der Waals surface area contributed by atoms with Crippen molar-refractivity contribution in [1.29, 1.82) is 0 Å². The topological polar surface area (TPSA) is 96.7 Å². The number of thioether (sulfide) groups is 1. The quantitative estimate of drug-likeness (QED) is 0.152. The van der Waals surface area contributed by atoms with E-state index in [0.717, 1.165) is 36.3 Å². The van der Waals surface area contributed by atoms with Crippen LogP contribution < -0.4 is 73.3 Å². The summed E-state index contributed by atoms with van der Waals surface area (Å²) in [5.74, 6) is 0.817. The van der Waals surface area contributed by atoms with Crippen LogP contribution in [-0.4, -0.2) is 43.1 Å². The van der Waals surface area contributed by atoms with Crippen molar-refractivity contribution in [3.63, 3.8) is 0 Å². The van der Waals surface area contributed by atoms with Gasteiger partial charge in [-0.25, -0.2) is 9.78 Å². The number of hydrogen-bond donors (Lipinski definition) is 3. The van der Waals surface area contributed by atoms with Gasteiger partial charge in [0, 0.05) is 32.9 Å². The predicted octanol–water partition coefficient (Wildman–Crippen LogP) is -2.23. The van der Waals surface area contributed by atoms with Crippen LogP contribution in [0.4, 0.5) is 0 Å². The molecule has 0 aliphatic rings. The van der Waals surface area contributed by atoms with E-state index in [1.165, 1.54) is 23.4 Å². The van der Waals surface area contributed by atoms with Gasteiger partial charge >= 0.3 is 57.1 Å². The molecule has 0 saturated carbocycles. The summed E-state index contributed by atoms with van der Waals surface area (Å²) in [5.41, 5.74) is -0.00635. The smallest absolute Gasteiger partial charge is 0.363 e. The fourth-order valence-electron chi connectivity index (χ4n) is 2.12. The molecule has 11 heteroatoms. The second-order valence-corrected chi connectivity index (χ2v) is 6.82. The molecule has 0 fully saturated rings. The van der Waals surface area contributed by atoms with Crippen molar-refractivity contribution in [2.75, 3.05) is 18.8 Å². The van der Waals surface area contributed by atoms with E-state index < -0.39 is 0 Å². The maximum Gasteiger partial charge on any atom is 1.00 e. The van der Waals surface area contributed by atoms with E-state index in [-0.39, 0.29) is 70.1 Å². The Morgan fingerprint density at radius 2 is 1.88 bits per heavy atom. The van der Waals surface area contributed by atoms with E-state index in [9.17, 15) is 9.59 Å². The minimum Gasteiger partial charge on any atom is -0.363 e. The van der Waals surface area contributed by atoms with Gasteiger partial charge in [-0.3, -0.25) is 13.9 Å². The van der Waals surface area contributed by atoms with Gasteiger partial charge in [-0.05, 0) is 25.1 Å². The van der Waals surface area contributed by atoms with Gasteiger partial charge in [-0.1, -0.05) is 18.7 Å². The zero-order valence-corrected chi connectivity index (χ0v) is 20.8. The molecule has 0 unspecified atom stereocenters. The van der Waals surface area contributed by atoms with Gasteiger partial charge in [-0.2, -0.15) is 0 Å². The van der Waals surface area contributed by atoms with Crippen LogP contribution in [-0.2, 0) is 14.1 Å². The van der Waals surface area contributed by atoms with Gasteiger partial charge < -0.3 is 23.0 Å². The number of thiocarbonyl (C=S) groups is 1. The Bertz CT molecular complexity index is 845. The molecule has 0 aliphatic heterocycles. The number of hydrogen-bond acceptors (Lipinski definition) is 5. The molecule has 140 valence electrons. The van der Waals surface area contributed by atoms with Gasteiger partial charge in [0.1, 0.15) is 0 Å². The SMILES string of the molecule is CCCNC(=S)NCCCSc1nc2c([nH]1)c(=O)n(C)c(=O)n2C.[CH3-].[K+]. The summed E-state index contributed by atoms with van der Waals surface area (Å²) in [5, 5.41) is 7.55. The first-order valence-electron chi connectivity index (χ1n) is 7.76. The van der Waals surface area contributed by atoms with Crippen LogP contribution in [0.5, 0.6) is 0 Å². The zero-order chi connectivity index (χ0) is 17.7. The van der Waals surface area contributed by atoms with E-state index in [2.05, 4.69) is 27.5 Å². The molecule has 0 saturated heterocycles. The molecule has 2 heterocycles. The van der Waals surface area contributed by atoms with E-state index in [1.54, 1.807) is 7.05 Å². The Kier molecular flexibility index (Phi) is 12.2. The Balaban J connectivity index is 0.00000312. The number of rotatable bonds is 7. The van der Waals surface area contributed by atoms with Crippen molar-refractivity contribution in [1.82, 2.24) is 29.7 Å². The summed E-state index contributed by atoms with van der Waals surface area (Å²) in [7, 11) is 3.06. The van der Waals surface area contributed by atoms with Gasteiger partial charge in [0.25, 0.3) is 5.56 Å². The van der Waals surface area contributed by atoms with Gasteiger partial charge in [0.2, 0.25) is 0 Å². The summed E-state index contributed by atoms with van der Waals surface area (Å²) < 4.78 is 2.44. The number of aromatic amines is 1. The number of nitrogens with one attached hydrogen (secondary N) is 3. The average Bonchev–Trinajstić information content (AvgIpc) is 3.00. The molecule has 0 bridgehead atoms. The minimum absolute atomic E-state index is 0. The predicted molar refractivity (Wildman–Crippen MR) is 107 cm³/mol. The third kappa shape index (κ3) is 6.46. The molecule has 0 aliphatic carbocycles. The molecule has 2 rings (SSSR count). The molecule has 0 radical (unpaired) electrons. The monoisotopic (exact) mass is 424 g/mol. The van der Waals surface area contributed by atoms with E-state index in [1.807, 2.05) is 0 Å². The second-order valence-electron chi connectivity index (χ2n) is 5.33. The average molecular weight is 425 g/mol. The van der Waals surface area contributed by atoms with Gasteiger partial charge in [-0.15, -0.1) is 0 Å². The largest absolute Gasteiger partial charge is 1.00 e. The first-order chi connectivity index (χ1) is 11.5. The molecule has 2 aromatic rings. The van der Waals surface area contributed by atoms with Crippen LogP contribution in [0.2, 0.25) is 0 Å². The molecular weight excluding hydrogens is 399 g/mol. The number of aromatic nitrogens is 4. The van der Waals surface area contributed by atoms with Crippen LogP contribution in [0.25, 0.3) is 11.2 Å². The minimum atomic E-state index is -0.382. The molecule has 2 aromatic heterocycles. The van der Waals surface area contributed by atoms with Crippen molar-refractivity contribution in [3.05, 3.63) is 28.3 Å². The molecule has 3 N–H and O–H groups in total. The van der Waals surface area contributed by atoms with Crippen LogP contribution in [0.15, 0.2) is 14.7 Å². The Labute approximate surface area is 205 Å². The first kappa shape index (κ1) is 25.8. The third-order valence-corrected chi connectivity index (χ3v) is 4.70. The van der Waals surface area contributed by atoms with Crippen molar-refractivity contribution >= 4 is 40.3 Å². The molecule has 0 amide bonds. The van der Waals surface area contributed by atoms with Gasteiger partial charge in [0.05, 0.1) is 0 Å². The summed E-state index contributed by atoms with van der Waals surface area (Å²) in [6.45, 7) is 3.72. The summed E-state index contributed by atoms with van der Waals surface area (Å²) in [6.07, 6.45) is 1.93. The Morgan fingerprint density at radius 3 is 2.54 bits per heavy atom. The van der Waals surface area contributed by atoms with E-state index in [0.29, 0.717) is 21.4 Å². The fraction of sp³-hybridized carbons (Fsp3) is 0.533. The molecule has 26 heavy (non-hydrogen) atoms. The molecule has 8 nitrogen and oxygen atoms in total. The van der Waals surface area contributed by atoms with Crippen LogP contribution >= 0.6 is 24.0 Å². The number of H-pyrrole nitrogens is 1. The van der Waals surface area contributed by atoms with Crippen molar-refractivity contribution < 1.29 is 51.4 Å². The van der Waals surface area contributed by atoms with Crippen molar-refractivity contribution in [2.45, 2.75) is 24.9 Å². The second kappa shape index (κ2) is 12.3.